The van der Waals surface area contributed by atoms with Gasteiger partial charge in [0.1, 0.15) is 4.99 Å². The molecule has 0 amide bonds. The Hall–Kier alpha value is -0.850. The Morgan fingerprint density at radius 2 is 1.83 bits per heavy atom. The fourth-order valence-electron chi connectivity index (χ4n) is 1.46. The third-order valence-corrected chi connectivity index (χ3v) is 3.64. The van der Waals surface area contributed by atoms with Gasteiger partial charge in [0.2, 0.25) is 0 Å². The van der Waals surface area contributed by atoms with Crippen molar-refractivity contribution in [2.75, 3.05) is 5.32 Å². The van der Waals surface area contributed by atoms with Crippen molar-refractivity contribution in [3.63, 3.8) is 0 Å². The number of nitrogens with one attached hydrogen (secondary N) is 1. The van der Waals surface area contributed by atoms with Crippen LogP contribution in [-0.2, 0) is 0 Å². The van der Waals surface area contributed by atoms with Crippen molar-refractivity contribution in [3.05, 3.63) is 56.6 Å². The number of nitrogens with two attached hydrogens (primary N) is 1. The van der Waals surface area contributed by atoms with Gasteiger partial charge in [0.25, 0.3) is 0 Å². The SMILES string of the molecule is NC(=S)c1ccc(Nc2ccc(I)cc2)c(Cl)c1. The first-order valence-electron chi connectivity index (χ1n) is 5.18. The maximum Gasteiger partial charge on any atom is 0.104 e. The predicted molar refractivity (Wildman–Crippen MR) is 89.8 cm³/mol. The van der Waals surface area contributed by atoms with Crippen LogP contribution in [0.3, 0.4) is 0 Å². The molecular weight excluding hydrogens is 379 g/mol. The Labute approximate surface area is 130 Å². The average Bonchev–Trinajstić information content (AvgIpc) is 2.34. The molecule has 0 fully saturated rings. The number of rotatable bonds is 3. The fourth-order valence-corrected chi connectivity index (χ4v) is 2.17. The molecule has 2 nitrogen and oxygen atoms in total. The summed E-state index contributed by atoms with van der Waals surface area (Å²) in [6.07, 6.45) is 0. The van der Waals surface area contributed by atoms with E-state index in [1.54, 1.807) is 6.07 Å². The first kappa shape index (κ1) is 13.6. The van der Waals surface area contributed by atoms with E-state index in [4.69, 9.17) is 29.6 Å². The fraction of sp³-hybridized carbons (Fsp3) is 0. The molecule has 0 bridgehead atoms. The zero-order valence-electron chi connectivity index (χ0n) is 9.28. The third kappa shape index (κ3) is 3.34. The van der Waals surface area contributed by atoms with Crippen LogP contribution >= 0.6 is 46.4 Å². The summed E-state index contributed by atoms with van der Waals surface area (Å²) in [4.78, 5) is 0.345. The number of anilines is 2. The summed E-state index contributed by atoms with van der Waals surface area (Å²) >= 11 is 13.3. The summed E-state index contributed by atoms with van der Waals surface area (Å²) in [5.74, 6) is 0. The van der Waals surface area contributed by atoms with Crippen molar-refractivity contribution in [2.24, 2.45) is 5.73 Å². The average molecular weight is 389 g/mol. The van der Waals surface area contributed by atoms with E-state index in [0.717, 1.165) is 16.9 Å². The normalized spacial score (nSPS) is 10.1. The third-order valence-electron chi connectivity index (χ3n) is 2.38. The maximum atomic E-state index is 6.18. The van der Waals surface area contributed by atoms with Crippen LogP contribution in [0.15, 0.2) is 42.5 Å². The van der Waals surface area contributed by atoms with E-state index in [-0.39, 0.29) is 0 Å². The molecule has 0 radical (unpaired) electrons. The molecule has 3 N–H and O–H groups in total. The lowest BCUT2D eigenvalue weighted by molar-refractivity contribution is 1.52. The Morgan fingerprint density at radius 1 is 1.17 bits per heavy atom. The molecule has 0 heterocycles. The highest BCUT2D eigenvalue weighted by molar-refractivity contribution is 14.1. The Balaban J connectivity index is 2.24. The van der Waals surface area contributed by atoms with Crippen LogP contribution in [0.4, 0.5) is 11.4 Å². The van der Waals surface area contributed by atoms with Crippen LogP contribution in [0.1, 0.15) is 5.56 Å². The van der Waals surface area contributed by atoms with E-state index in [1.165, 1.54) is 3.57 Å². The van der Waals surface area contributed by atoms with Crippen LogP contribution in [0.5, 0.6) is 0 Å². The van der Waals surface area contributed by atoms with Crippen LogP contribution in [0.25, 0.3) is 0 Å². The highest BCUT2D eigenvalue weighted by Crippen LogP contribution is 2.26. The molecule has 92 valence electrons. The standard InChI is InChI=1S/C13H10ClIN2S/c14-11-7-8(13(16)18)1-6-12(11)17-10-4-2-9(15)3-5-10/h1-7,17H,(H2,16,18). The largest absolute Gasteiger partial charge is 0.389 e. The topological polar surface area (TPSA) is 38.0 Å². The zero-order valence-corrected chi connectivity index (χ0v) is 13.0. The lowest BCUT2D eigenvalue weighted by Crippen LogP contribution is -2.09. The Kier molecular flexibility index (Phi) is 4.42. The van der Waals surface area contributed by atoms with Crippen molar-refractivity contribution in [1.82, 2.24) is 0 Å². The van der Waals surface area contributed by atoms with Gasteiger partial charge in [-0.3, -0.25) is 0 Å². The maximum absolute atomic E-state index is 6.18. The molecule has 0 aliphatic rings. The van der Waals surface area contributed by atoms with Gasteiger partial charge in [0, 0.05) is 14.8 Å². The lowest BCUT2D eigenvalue weighted by atomic mass is 10.2. The minimum absolute atomic E-state index is 0.345. The summed E-state index contributed by atoms with van der Waals surface area (Å²) in [6, 6.07) is 13.5. The summed E-state index contributed by atoms with van der Waals surface area (Å²) in [5, 5.41) is 3.84. The van der Waals surface area contributed by atoms with Gasteiger partial charge in [-0.1, -0.05) is 23.8 Å². The van der Waals surface area contributed by atoms with Crippen LogP contribution in [0, 0.1) is 3.57 Å². The molecule has 0 saturated heterocycles. The second-order valence-corrected chi connectivity index (χ2v) is 5.78. The summed E-state index contributed by atoms with van der Waals surface area (Å²) in [7, 11) is 0. The van der Waals surface area contributed by atoms with Gasteiger partial charge in [-0.15, -0.1) is 0 Å². The lowest BCUT2D eigenvalue weighted by Gasteiger charge is -2.09. The van der Waals surface area contributed by atoms with Gasteiger partial charge in [-0.2, -0.15) is 0 Å². The molecule has 0 aliphatic carbocycles. The number of hydrogen-bond donors (Lipinski definition) is 2. The van der Waals surface area contributed by atoms with E-state index in [9.17, 15) is 0 Å². The summed E-state index contributed by atoms with van der Waals surface area (Å²) in [6.45, 7) is 0. The second-order valence-electron chi connectivity index (χ2n) is 3.69. The molecule has 0 atom stereocenters. The van der Waals surface area contributed by atoms with E-state index < -0.39 is 0 Å². The van der Waals surface area contributed by atoms with Gasteiger partial charge >= 0.3 is 0 Å². The van der Waals surface area contributed by atoms with Gasteiger partial charge in [0.15, 0.2) is 0 Å². The summed E-state index contributed by atoms with van der Waals surface area (Å²) in [5.41, 5.74) is 8.14. The van der Waals surface area contributed by atoms with Crippen LogP contribution < -0.4 is 11.1 Å². The minimum atomic E-state index is 0.345. The van der Waals surface area contributed by atoms with Crippen LogP contribution in [0.2, 0.25) is 5.02 Å². The number of hydrogen-bond acceptors (Lipinski definition) is 2. The van der Waals surface area contributed by atoms with Gasteiger partial charge in [-0.05, 0) is 65.1 Å². The number of thiocarbonyl (C=S) groups is 1. The first-order chi connectivity index (χ1) is 8.56. The summed E-state index contributed by atoms with van der Waals surface area (Å²) < 4.78 is 1.19. The zero-order chi connectivity index (χ0) is 13.1. The Morgan fingerprint density at radius 3 is 2.39 bits per heavy atom. The van der Waals surface area contributed by atoms with E-state index in [2.05, 4.69) is 27.9 Å². The second kappa shape index (κ2) is 5.86. The minimum Gasteiger partial charge on any atom is -0.389 e. The van der Waals surface area contributed by atoms with Crippen molar-refractivity contribution < 1.29 is 0 Å². The monoisotopic (exact) mass is 388 g/mol. The quantitative estimate of drug-likeness (QED) is 0.607. The molecular formula is C13H10ClIN2S. The highest BCUT2D eigenvalue weighted by atomic mass is 127. The van der Waals surface area contributed by atoms with Gasteiger partial charge < -0.3 is 11.1 Å². The molecule has 0 unspecified atom stereocenters. The van der Waals surface area contributed by atoms with Gasteiger partial charge in [0.05, 0.1) is 10.7 Å². The highest BCUT2D eigenvalue weighted by Gasteiger charge is 2.04. The van der Waals surface area contributed by atoms with Crippen LogP contribution in [-0.4, -0.2) is 4.99 Å². The molecule has 2 rings (SSSR count). The van der Waals surface area contributed by atoms with Crippen molar-refractivity contribution in [3.8, 4) is 0 Å². The van der Waals surface area contributed by atoms with E-state index in [1.807, 2.05) is 36.4 Å². The van der Waals surface area contributed by atoms with Crippen molar-refractivity contribution >= 4 is 62.8 Å². The predicted octanol–water partition coefficient (Wildman–Crippen LogP) is 4.32. The van der Waals surface area contributed by atoms with Crippen molar-refractivity contribution in [2.45, 2.75) is 0 Å². The van der Waals surface area contributed by atoms with E-state index in [0.29, 0.717) is 10.0 Å². The van der Waals surface area contributed by atoms with Gasteiger partial charge in [-0.25, -0.2) is 0 Å². The molecule has 0 aliphatic heterocycles. The van der Waals surface area contributed by atoms with E-state index >= 15 is 0 Å². The number of benzene rings is 2. The Bertz CT molecular complexity index is 584. The number of halogens is 2. The van der Waals surface area contributed by atoms with Crippen molar-refractivity contribution in [1.29, 1.82) is 0 Å². The molecule has 5 heteroatoms. The molecule has 0 saturated carbocycles. The first-order valence-corrected chi connectivity index (χ1v) is 7.05. The molecule has 2 aromatic carbocycles. The molecule has 0 spiro atoms. The smallest absolute Gasteiger partial charge is 0.104 e. The molecule has 18 heavy (non-hydrogen) atoms. The molecule has 0 aromatic heterocycles. The molecule has 2 aromatic rings.